The first-order valence-electron chi connectivity index (χ1n) is 11.5. The molecular weight excluding hydrogens is 541 g/mol. The summed E-state index contributed by atoms with van der Waals surface area (Å²) in [5, 5.41) is 21.8. The smallest absolute Gasteiger partial charge is 0.391 e. The van der Waals surface area contributed by atoms with Gasteiger partial charge in [-0.05, 0) is 30.7 Å². The first-order chi connectivity index (χ1) is 18.2. The Morgan fingerprint density at radius 3 is 2.38 bits per heavy atom. The van der Waals surface area contributed by atoms with Crippen LogP contribution in [-0.4, -0.2) is 56.5 Å². The molecule has 2 unspecified atom stereocenters. The maximum absolute atomic E-state index is 14.8. The van der Waals surface area contributed by atoms with Crippen molar-refractivity contribution in [2.24, 2.45) is 0 Å². The molecule has 0 aliphatic carbocycles. The third-order valence-electron chi connectivity index (χ3n) is 6.29. The van der Waals surface area contributed by atoms with E-state index in [-0.39, 0.29) is 29.8 Å². The number of nitrogens with one attached hydrogen (secondary N) is 1. The van der Waals surface area contributed by atoms with Crippen molar-refractivity contribution in [3.8, 4) is 5.69 Å². The molecule has 15 heteroatoms. The molecule has 2 aromatic heterocycles. The molecule has 3 heterocycles. The molecule has 39 heavy (non-hydrogen) atoms. The number of nitrogens with zero attached hydrogens (tertiary/aromatic N) is 3. The van der Waals surface area contributed by atoms with Crippen LogP contribution in [0.4, 0.5) is 36.6 Å². The van der Waals surface area contributed by atoms with Crippen LogP contribution in [0.3, 0.4) is 0 Å². The van der Waals surface area contributed by atoms with Crippen molar-refractivity contribution in [2.45, 2.75) is 50.2 Å². The summed E-state index contributed by atoms with van der Waals surface area (Å²) in [4.78, 5) is 30.8. The topological polar surface area (TPSA) is 108 Å². The third kappa shape index (κ3) is 5.21. The number of carbonyl (C=O) groups excluding carboxylic acids is 1. The largest absolute Gasteiger partial charge is 0.454 e. The lowest BCUT2D eigenvalue weighted by molar-refractivity contribution is -0.295. The van der Waals surface area contributed by atoms with E-state index in [1.54, 1.807) is 5.32 Å². The summed E-state index contributed by atoms with van der Waals surface area (Å²) in [6, 6.07) is 2.01. The van der Waals surface area contributed by atoms with Gasteiger partial charge in [0.1, 0.15) is 23.7 Å². The highest BCUT2D eigenvalue weighted by Gasteiger charge is 2.62. The fraction of sp³-hybridized carbons (Fsp3) is 0.375. The number of aromatic nitrogens is 2. The fourth-order valence-electron chi connectivity index (χ4n) is 4.29. The molecule has 3 aromatic rings. The van der Waals surface area contributed by atoms with Gasteiger partial charge in [0, 0.05) is 12.3 Å². The number of halogens is 7. The third-order valence-corrected chi connectivity index (χ3v) is 6.29. The Labute approximate surface area is 215 Å². The Morgan fingerprint density at radius 2 is 1.82 bits per heavy atom. The molecule has 1 aromatic carbocycles. The second-order valence-electron chi connectivity index (χ2n) is 8.93. The molecule has 1 aliphatic heterocycles. The zero-order valence-corrected chi connectivity index (χ0v) is 20.0. The zero-order valence-electron chi connectivity index (χ0n) is 20.0. The number of anilines is 1. The molecule has 1 saturated heterocycles. The SMILES string of the molecule is CCC(NC(O)c1cn(-c2ccc(F)cc2F)c2nc(N3C[C@@H](O)CC3=O)ccc2c1=O)C(F)(F)C(F)(F)F. The summed E-state index contributed by atoms with van der Waals surface area (Å²) in [5.74, 6) is -7.94. The van der Waals surface area contributed by atoms with E-state index in [0.717, 1.165) is 40.8 Å². The standard InChI is InChI=1S/C24H21F7N4O4/c1-2-17(23(27,28)24(29,30)31)32-22(39)14-10-34(16-5-3-11(25)7-15(16)26)21-13(20(14)38)4-6-18(33-21)35-9-12(36)8-19(35)37/h3-7,10,12,17,22,32,36,39H,2,8-9H2,1H3/t12-,17?,22?/m0/s1. The van der Waals surface area contributed by atoms with Crippen molar-refractivity contribution in [2.75, 3.05) is 11.4 Å². The number of hydrogen-bond donors (Lipinski definition) is 3. The van der Waals surface area contributed by atoms with Crippen molar-refractivity contribution in [1.29, 1.82) is 0 Å². The Hall–Kier alpha value is -3.56. The molecule has 1 amide bonds. The average Bonchev–Trinajstić information content (AvgIpc) is 3.19. The average molecular weight is 562 g/mol. The normalized spacial score (nSPS) is 18.2. The van der Waals surface area contributed by atoms with Crippen molar-refractivity contribution in [3.05, 3.63) is 63.9 Å². The van der Waals surface area contributed by atoms with Gasteiger partial charge in [0.05, 0.1) is 41.7 Å². The minimum Gasteiger partial charge on any atom is -0.391 e. The first kappa shape index (κ1) is 28.4. The summed E-state index contributed by atoms with van der Waals surface area (Å²) >= 11 is 0. The number of alkyl halides is 5. The molecule has 0 radical (unpaired) electrons. The van der Waals surface area contributed by atoms with Crippen molar-refractivity contribution >= 4 is 22.8 Å². The van der Waals surface area contributed by atoms with Crippen LogP contribution in [-0.2, 0) is 4.79 Å². The van der Waals surface area contributed by atoms with E-state index in [0.29, 0.717) is 6.07 Å². The lowest BCUT2D eigenvalue weighted by Gasteiger charge is -2.30. The first-order valence-corrected chi connectivity index (χ1v) is 11.5. The van der Waals surface area contributed by atoms with Gasteiger partial charge in [-0.2, -0.15) is 22.0 Å². The van der Waals surface area contributed by atoms with Crippen LogP contribution in [0.2, 0.25) is 0 Å². The quantitative estimate of drug-likeness (QED) is 0.302. The van der Waals surface area contributed by atoms with Crippen LogP contribution < -0.4 is 15.6 Å². The van der Waals surface area contributed by atoms with E-state index in [1.165, 1.54) is 6.07 Å². The molecule has 0 saturated carbocycles. The number of benzene rings is 1. The zero-order chi connectivity index (χ0) is 28.9. The fourth-order valence-corrected chi connectivity index (χ4v) is 4.29. The Balaban J connectivity index is 1.89. The predicted octanol–water partition coefficient (Wildman–Crippen LogP) is 3.32. The maximum Gasteiger partial charge on any atom is 0.454 e. The number of rotatable bonds is 7. The Morgan fingerprint density at radius 1 is 1.13 bits per heavy atom. The van der Waals surface area contributed by atoms with E-state index in [1.807, 2.05) is 0 Å². The predicted molar refractivity (Wildman–Crippen MR) is 123 cm³/mol. The van der Waals surface area contributed by atoms with Crippen LogP contribution >= 0.6 is 0 Å². The molecule has 1 aliphatic rings. The molecular formula is C24H21F7N4O4. The number of fused-ring (bicyclic) bond motifs is 1. The lowest BCUT2D eigenvalue weighted by Crippen LogP contribution is -2.54. The van der Waals surface area contributed by atoms with Gasteiger partial charge < -0.3 is 10.2 Å². The minimum atomic E-state index is -5.96. The molecule has 0 spiro atoms. The molecule has 3 atom stereocenters. The number of pyridine rings is 2. The van der Waals surface area contributed by atoms with Gasteiger partial charge in [0.2, 0.25) is 5.91 Å². The number of hydrogen-bond acceptors (Lipinski definition) is 6. The van der Waals surface area contributed by atoms with Gasteiger partial charge >= 0.3 is 12.1 Å². The van der Waals surface area contributed by atoms with Crippen LogP contribution in [0, 0.1) is 11.6 Å². The second kappa shape index (κ2) is 10.2. The summed E-state index contributed by atoms with van der Waals surface area (Å²) in [5.41, 5.74) is -2.49. The van der Waals surface area contributed by atoms with Gasteiger partial charge in [-0.1, -0.05) is 6.92 Å². The summed E-state index contributed by atoms with van der Waals surface area (Å²) in [6.45, 7) is 0.887. The van der Waals surface area contributed by atoms with Crippen LogP contribution in [0.5, 0.6) is 0 Å². The van der Waals surface area contributed by atoms with Crippen LogP contribution in [0.25, 0.3) is 16.7 Å². The molecule has 4 rings (SSSR count). The van der Waals surface area contributed by atoms with Gasteiger partial charge in [-0.15, -0.1) is 0 Å². The van der Waals surface area contributed by atoms with Gasteiger partial charge in [0.15, 0.2) is 11.1 Å². The highest BCUT2D eigenvalue weighted by atomic mass is 19.4. The van der Waals surface area contributed by atoms with E-state index in [2.05, 4.69) is 4.98 Å². The number of aliphatic hydroxyl groups excluding tert-OH is 2. The Kier molecular flexibility index (Phi) is 7.44. The molecule has 1 fully saturated rings. The van der Waals surface area contributed by atoms with E-state index in [4.69, 9.17) is 0 Å². The summed E-state index contributed by atoms with van der Waals surface area (Å²) in [7, 11) is 0. The maximum atomic E-state index is 14.8. The van der Waals surface area contributed by atoms with Crippen LogP contribution in [0.1, 0.15) is 31.6 Å². The van der Waals surface area contributed by atoms with Crippen molar-refractivity contribution in [1.82, 2.24) is 14.9 Å². The highest BCUT2D eigenvalue weighted by molar-refractivity contribution is 5.96. The van der Waals surface area contributed by atoms with Gasteiger partial charge in [-0.25, -0.2) is 13.8 Å². The number of β-amino-alcohol motifs (C(OH)–C–C–N with tert-alkyl or cyclic N) is 1. The molecule has 0 bridgehead atoms. The highest BCUT2D eigenvalue weighted by Crippen LogP contribution is 2.39. The van der Waals surface area contributed by atoms with Gasteiger partial charge in [0.25, 0.3) is 0 Å². The minimum absolute atomic E-state index is 0.0398. The molecule has 210 valence electrons. The van der Waals surface area contributed by atoms with E-state index >= 15 is 0 Å². The summed E-state index contributed by atoms with van der Waals surface area (Å²) < 4.78 is 96.0. The number of carbonyl (C=O) groups is 1. The Bertz CT molecular complexity index is 1480. The number of aliphatic hydroxyl groups is 2. The summed E-state index contributed by atoms with van der Waals surface area (Å²) in [6.07, 6.45) is -9.53. The molecule has 8 nitrogen and oxygen atoms in total. The monoisotopic (exact) mass is 562 g/mol. The van der Waals surface area contributed by atoms with Crippen LogP contribution in [0.15, 0.2) is 41.3 Å². The number of amides is 1. The van der Waals surface area contributed by atoms with Crippen molar-refractivity contribution < 1.29 is 45.7 Å². The van der Waals surface area contributed by atoms with Gasteiger partial charge in [-0.3, -0.25) is 24.4 Å². The van der Waals surface area contributed by atoms with E-state index in [9.17, 15) is 50.5 Å². The van der Waals surface area contributed by atoms with E-state index < -0.39 is 71.1 Å². The lowest BCUT2D eigenvalue weighted by atomic mass is 10.1. The second-order valence-corrected chi connectivity index (χ2v) is 8.93. The molecule has 3 N–H and O–H groups in total. The van der Waals surface area contributed by atoms with Crippen molar-refractivity contribution in [3.63, 3.8) is 0 Å².